The van der Waals surface area contributed by atoms with E-state index >= 15 is 0 Å². The summed E-state index contributed by atoms with van der Waals surface area (Å²) in [5, 5.41) is 0.995. The van der Waals surface area contributed by atoms with Gasteiger partial charge in [0.2, 0.25) is 5.91 Å². The van der Waals surface area contributed by atoms with E-state index in [1.165, 1.54) is 12.1 Å². The Morgan fingerprint density at radius 1 is 0.931 bits per heavy atom. The first-order valence-corrected chi connectivity index (χ1v) is 9.88. The lowest BCUT2D eigenvalue weighted by atomic mass is 9.89. The van der Waals surface area contributed by atoms with Crippen LogP contribution in [0, 0.1) is 5.82 Å². The maximum atomic E-state index is 13.7. The standard InChI is InChI=1S/C25H21FN2O/c26-19-11-12-20-21-16-28(14-13-22(21)27-23(20)15-19)25(29)24(17-7-3-1-4-8-17)18-9-5-2-6-10-18/h1-12,15,24,27H,13-14,16H2. The van der Waals surface area contributed by atoms with E-state index in [1.54, 1.807) is 6.07 Å². The van der Waals surface area contributed by atoms with Crippen molar-refractivity contribution in [2.75, 3.05) is 6.54 Å². The van der Waals surface area contributed by atoms with Crippen molar-refractivity contribution in [2.45, 2.75) is 18.9 Å². The summed E-state index contributed by atoms with van der Waals surface area (Å²) in [5.74, 6) is -0.483. The fraction of sp³-hybridized carbons (Fsp3) is 0.160. The Morgan fingerprint density at radius 2 is 1.59 bits per heavy atom. The van der Waals surface area contributed by atoms with Crippen LogP contribution >= 0.6 is 0 Å². The smallest absolute Gasteiger partial charge is 0.234 e. The predicted molar refractivity (Wildman–Crippen MR) is 112 cm³/mol. The van der Waals surface area contributed by atoms with Gasteiger partial charge in [-0.15, -0.1) is 0 Å². The number of carbonyl (C=O) groups is 1. The minimum absolute atomic E-state index is 0.101. The molecule has 0 radical (unpaired) electrons. The van der Waals surface area contributed by atoms with Crippen LogP contribution in [0.15, 0.2) is 78.9 Å². The largest absolute Gasteiger partial charge is 0.358 e. The fourth-order valence-corrected chi connectivity index (χ4v) is 4.33. The summed E-state index contributed by atoms with van der Waals surface area (Å²) in [7, 11) is 0. The topological polar surface area (TPSA) is 36.1 Å². The summed E-state index contributed by atoms with van der Waals surface area (Å²) >= 11 is 0. The van der Waals surface area contributed by atoms with Crippen LogP contribution in [0.3, 0.4) is 0 Å². The number of aromatic amines is 1. The maximum absolute atomic E-state index is 13.7. The van der Waals surface area contributed by atoms with Crippen LogP contribution in [-0.2, 0) is 17.8 Å². The zero-order valence-electron chi connectivity index (χ0n) is 15.9. The molecular weight excluding hydrogens is 363 g/mol. The normalized spacial score (nSPS) is 13.7. The molecule has 3 aromatic carbocycles. The third-order valence-electron chi connectivity index (χ3n) is 5.76. The van der Waals surface area contributed by atoms with Gasteiger partial charge in [-0.1, -0.05) is 60.7 Å². The molecule has 4 aromatic rings. The molecule has 29 heavy (non-hydrogen) atoms. The predicted octanol–water partition coefficient (Wildman–Crippen LogP) is 5.02. The summed E-state index contributed by atoms with van der Waals surface area (Å²) in [6, 6.07) is 24.7. The van der Waals surface area contributed by atoms with E-state index in [2.05, 4.69) is 4.98 Å². The van der Waals surface area contributed by atoms with Gasteiger partial charge in [0.1, 0.15) is 5.82 Å². The minimum Gasteiger partial charge on any atom is -0.358 e. The Morgan fingerprint density at radius 3 is 2.24 bits per heavy atom. The van der Waals surface area contributed by atoms with Crippen LogP contribution in [0.4, 0.5) is 4.39 Å². The molecule has 1 N–H and O–H groups in total. The maximum Gasteiger partial charge on any atom is 0.234 e. The average molecular weight is 384 g/mol. The van der Waals surface area contributed by atoms with Gasteiger partial charge in [0.05, 0.1) is 5.92 Å². The first-order chi connectivity index (χ1) is 14.2. The SMILES string of the molecule is O=C(C(c1ccccc1)c1ccccc1)N1CCc2[nH]c3cc(F)ccc3c2C1. The highest BCUT2D eigenvalue weighted by molar-refractivity contribution is 5.89. The van der Waals surface area contributed by atoms with Gasteiger partial charge in [0.15, 0.2) is 0 Å². The van der Waals surface area contributed by atoms with Crippen molar-refractivity contribution in [3.63, 3.8) is 0 Å². The molecule has 0 unspecified atom stereocenters. The molecule has 0 bridgehead atoms. The van der Waals surface area contributed by atoms with Gasteiger partial charge in [-0.2, -0.15) is 0 Å². The molecule has 0 aliphatic carbocycles. The van der Waals surface area contributed by atoms with E-state index in [4.69, 9.17) is 0 Å². The lowest BCUT2D eigenvalue weighted by Crippen LogP contribution is -2.39. The number of nitrogens with one attached hydrogen (secondary N) is 1. The Labute approximate surface area is 168 Å². The first kappa shape index (κ1) is 17.7. The molecule has 1 aromatic heterocycles. The molecule has 144 valence electrons. The monoisotopic (exact) mass is 384 g/mol. The van der Waals surface area contributed by atoms with Gasteiger partial charge in [0, 0.05) is 41.7 Å². The Balaban J connectivity index is 1.51. The zero-order chi connectivity index (χ0) is 19.8. The number of hydrogen-bond acceptors (Lipinski definition) is 1. The third-order valence-corrected chi connectivity index (χ3v) is 5.76. The molecule has 1 amide bonds. The van der Waals surface area contributed by atoms with Crippen LogP contribution in [0.5, 0.6) is 0 Å². The number of nitrogens with zero attached hydrogens (tertiary/aromatic N) is 1. The van der Waals surface area contributed by atoms with Crippen molar-refractivity contribution in [1.82, 2.24) is 9.88 Å². The van der Waals surface area contributed by atoms with E-state index in [0.29, 0.717) is 13.1 Å². The molecule has 1 aliphatic heterocycles. The summed E-state index contributed by atoms with van der Waals surface area (Å²) in [6.07, 6.45) is 0.744. The van der Waals surface area contributed by atoms with Crippen molar-refractivity contribution in [1.29, 1.82) is 0 Å². The molecule has 0 fully saturated rings. The van der Waals surface area contributed by atoms with Crippen molar-refractivity contribution in [2.24, 2.45) is 0 Å². The second kappa shape index (κ2) is 7.21. The van der Waals surface area contributed by atoms with E-state index in [9.17, 15) is 9.18 Å². The van der Waals surface area contributed by atoms with E-state index in [1.807, 2.05) is 65.6 Å². The second-order valence-corrected chi connectivity index (χ2v) is 7.54. The molecule has 4 heteroatoms. The number of amides is 1. The Bertz CT molecular complexity index is 1130. The van der Waals surface area contributed by atoms with Crippen LogP contribution in [0.2, 0.25) is 0 Å². The highest BCUT2D eigenvalue weighted by atomic mass is 19.1. The molecule has 2 heterocycles. The van der Waals surface area contributed by atoms with Crippen molar-refractivity contribution >= 4 is 16.8 Å². The molecule has 3 nitrogen and oxygen atoms in total. The quantitative estimate of drug-likeness (QED) is 0.529. The summed E-state index contributed by atoms with van der Waals surface area (Å²) in [6.45, 7) is 1.19. The number of aromatic nitrogens is 1. The minimum atomic E-state index is -0.332. The van der Waals surface area contributed by atoms with E-state index < -0.39 is 0 Å². The average Bonchev–Trinajstić information content (AvgIpc) is 3.12. The molecule has 5 rings (SSSR count). The molecular formula is C25H21FN2O. The molecule has 0 atom stereocenters. The zero-order valence-corrected chi connectivity index (χ0v) is 15.9. The second-order valence-electron chi connectivity index (χ2n) is 7.54. The van der Waals surface area contributed by atoms with Crippen molar-refractivity contribution in [3.05, 3.63) is 107 Å². The molecule has 1 aliphatic rings. The summed E-state index contributed by atoms with van der Waals surface area (Å²) in [5.41, 5.74) is 4.99. The van der Waals surface area contributed by atoms with Crippen LogP contribution in [0.25, 0.3) is 10.9 Å². The fourth-order valence-electron chi connectivity index (χ4n) is 4.33. The Kier molecular flexibility index (Phi) is 4.39. The number of carbonyl (C=O) groups excluding carboxylic acids is 1. The molecule has 0 spiro atoms. The van der Waals surface area contributed by atoms with Gasteiger partial charge in [-0.05, 0) is 29.3 Å². The van der Waals surface area contributed by atoms with Gasteiger partial charge in [0.25, 0.3) is 0 Å². The number of benzene rings is 3. The van der Waals surface area contributed by atoms with Gasteiger partial charge < -0.3 is 9.88 Å². The number of H-pyrrole nitrogens is 1. The number of fused-ring (bicyclic) bond motifs is 3. The van der Waals surface area contributed by atoms with Crippen molar-refractivity contribution in [3.8, 4) is 0 Å². The summed E-state index contributed by atoms with van der Waals surface area (Å²) < 4.78 is 13.6. The Hall–Kier alpha value is -3.40. The van der Waals surface area contributed by atoms with Crippen LogP contribution < -0.4 is 0 Å². The van der Waals surface area contributed by atoms with Crippen molar-refractivity contribution < 1.29 is 9.18 Å². The first-order valence-electron chi connectivity index (χ1n) is 9.88. The van der Waals surface area contributed by atoms with Gasteiger partial charge in [-0.3, -0.25) is 4.79 Å². The molecule has 0 saturated heterocycles. The summed E-state index contributed by atoms with van der Waals surface area (Å²) in [4.78, 5) is 18.9. The van der Waals surface area contributed by atoms with Crippen LogP contribution in [0.1, 0.15) is 28.3 Å². The van der Waals surface area contributed by atoms with E-state index in [-0.39, 0.29) is 17.6 Å². The lowest BCUT2D eigenvalue weighted by molar-refractivity contribution is -0.132. The van der Waals surface area contributed by atoms with Gasteiger partial charge in [-0.25, -0.2) is 4.39 Å². The van der Waals surface area contributed by atoms with E-state index in [0.717, 1.165) is 39.7 Å². The van der Waals surface area contributed by atoms with Crippen LogP contribution in [-0.4, -0.2) is 22.3 Å². The number of rotatable bonds is 3. The number of halogens is 1. The highest BCUT2D eigenvalue weighted by Gasteiger charge is 2.31. The van der Waals surface area contributed by atoms with Gasteiger partial charge >= 0.3 is 0 Å². The number of hydrogen-bond donors (Lipinski definition) is 1. The lowest BCUT2D eigenvalue weighted by Gasteiger charge is -2.31. The molecule has 0 saturated carbocycles. The third kappa shape index (κ3) is 3.21. The highest BCUT2D eigenvalue weighted by Crippen LogP contribution is 2.32.